The summed E-state index contributed by atoms with van der Waals surface area (Å²) in [6.07, 6.45) is -1.32. The second-order valence-corrected chi connectivity index (χ2v) is 4.68. The van der Waals surface area contributed by atoms with Crippen LogP contribution in [0, 0.1) is 13.8 Å². The summed E-state index contributed by atoms with van der Waals surface area (Å²) in [6.45, 7) is 4.40. The Bertz CT molecular complexity index is 516. The van der Waals surface area contributed by atoms with E-state index in [1.165, 1.54) is 0 Å². The molecule has 1 aromatic rings. The number of hydrogen-bond acceptors (Lipinski definition) is 3. The van der Waals surface area contributed by atoms with Gasteiger partial charge < -0.3 is 9.84 Å². The Labute approximate surface area is 116 Å². The zero-order chi connectivity index (χ0) is 15.5. The first-order valence-corrected chi connectivity index (χ1v) is 6.10. The van der Waals surface area contributed by atoms with E-state index in [0.29, 0.717) is 17.2 Å². The number of rotatable bonds is 4. The molecule has 0 aliphatic carbocycles. The summed E-state index contributed by atoms with van der Waals surface area (Å²) in [6, 6.07) is 5.04. The van der Waals surface area contributed by atoms with E-state index in [0.717, 1.165) is 14.0 Å². The van der Waals surface area contributed by atoms with Crippen LogP contribution in [0.3, 0.4) is 0 Å². The van der Waals surface area contributed by atoms with Crippen LogP contribution in [0.4, 0.5) is 8.78 Å². The molecule has 0 aliphatic heterocycles. The fourth-order valence-electron chi connectivity index (χ4n) is 1.99. The SMILES string of the molecule is COC(=O)/C=C(/C)C(F)(F)C(O)c1c(C)cccc1C. The van der Waals surface area contributed by atoms with E-state index < -0.39 is 23.6 Å². The van der Waals surface area contributed by atoms with Gasteiger partial charge in [0, 0.05) is 11.6 Å². The largest absolute Gasteiger partial charge is 0.466 e. The van der Waals surface area contributed by atoms with Crippen LogP contribution in [0.15, 0.2) is 29.8 Å². The third kappa shape index (κ3) is 3.22. The summed E-state index contributed by atoms with van der Waals surface area (Å²) >= 11 is 0. The highest BCUT2D eigenvalue weighted by molar-refractivity contribution is 5.82. The van der Waals surface area contributed by atoms with Crippen LogP contribution in [-0.4, -0.2) is 24.1 Å². The number of benzene rings is 1. The van der Waals surface area contributed by atoms with Crippen LogP contribution in [-0.2, 0) is 9.53 Å². The van der Waals surface area contributed by atoms with Crippen LogP contribution >= 0.6 is 0 Å². The van der Waals surface area contributed by atoms with Gasteiger partial charge >= 0.3 is 5.97 Å². The first-order valence-electron chi connectivity index (χ1n) is 6.10. The maximum atomic E-state index is 14.2. The van der Waals surface area contributed by atoms with Gasteiger partial charge in [-0.25, -0.2) is 4.79 Å². The molecule has 1 atom stereocenters. The average Bonchev–Trinajstić information content (AvgIpc) is 2.37. The van der Waals surface area contributed by atoms with Crippen LogP contribution < -0.4 is 0 Å². The molecular weight excluding hydrogens is 266 g/mol. The van der Waals surface area contributed by atoms with Crippen molar-refractivity contribution < 1.29 is 23.4 Å². The van der Waals surface area contributed by atoms with Gasteiger partial charge in [-0.2, -0.15) is 8.78 Å². The van der Waals surface area contributed by atoms with Gasteiger partial charge in [0.05, 0.1) is 7.11 Å². The number of carbonyl (C=O) groups is 1. The summed E-state index contributed by atoms with van der Waals surface area (Å²) < 4.78 is 32.8. The Balaban J connectivity index is 3.21. The van der Waals surface area contributed by atoms with Crippen LogP contribution in [0.5, 0.6) is 0 Å². The maximum Gasteiger partial charge on any atom is 0.330 e. The summed E-state index contributed by atoms with van der Waals surface area (Å²) in [4.78, 5) is 11.0. The first-order chi connectivity index (χ1) is 9.21. The number of carbonyl (C=O) groups excluding carboxylic acids is 1. The van der Waals surface area contributed by atoms with E-state index >= 15 is 0 Å². The van der Waals surface area contributed by atoms with Crippen molar-refractivity contribution in [2.45, 2.75) is 32.8 Å². The Morgan fingerprint density at radius 2 is 1.85 bits per heavy atom. The van der Waals surface area contributed by atoms with E-state index in [2.05, 4.69) is 4.74 Å². The van der Waals surface area contributed by atoms with E-state index in [4.69, 9.17) is 0 Å². The molecule has 0 amide bonds. The number of aliphatic hydroxyl groups is 1. The van der Waals surface area contributed by atoms with Gasteiger partial charge in [0.25, 0.3) is 5.92 Å². The summed E-state index contributed by atoms with van der Waals surface area (Å²) in [7, 11) is 1.10. The molecule has 0 radical (unpaired) electrons. The molecule has 1 N–H and O–H groups in total. The average molecular weight is 284 g/mol. The van der Waals surface area contributed by atoms with Crippen molar-refractivity contribution in [1.82, 2.24) is 0 Å². The molecule has 1 aromatic carbocycles. The molecular formula is C15H18F2O3. The monoisotopic (exact) mass is 284 g/mol. The summed E-state index contributed by atoms with van der Waals surface area (Å²) in [5.41, 5.74) is 0.778. The van der Waals surface area contributed by atoms with Crippen molar-refractivity contribution in [2.24, 2.45) is 0 Å². The number of alkyl halides is 2. The lowest BCUT2D eigenvalue weighted by Crippen LogP contribution is -2.29. The lowest BCUT2D eigenvalue weighted by Gasteiger charge is -2.26. The Kier molecular flexibility index (Phi) is 5.00. The predicted molar refractivity (Wildman–Crippen MR) is 71.6 cm³/mol. The van der Waals surface area contributed by atoms with E-state index in [-0.39, 0.29) is 5.56 Å². The van der Waals surface area contributed by atoms with Crippen LogP contribution in [0.25, 0.3) is 0 Å². The minimum absolute atomic E-state index is 0.176. The standard InChI is InChI=1S/C15H18F2O3/c1-9-6-5-7-10(2)13(9)14(19)15(16,17)11(3)8-12(18)20-4/h5-8,14,19H,1-4H3/b11-8-. The smallest absolute Gasteiger partial charge is 0.330 e. The van der Waals surface area contributed by atoms with E-state index in [1.807, 2.05) is 0 Å². The quantitative estimate of drug-likeness (QED) is 0.682. The molecule has 0 saturated carbocycles. The van der Waals surface area contributed by atoms with Gasteiger partial charge in [0.15, 0.2) is 0 Å². The van der Waals surface area contributed by atoms with Crippen molar-refractivity contribution in [3.05, 3.63) is 46.5 Å². The number of aryl methyl sites for hydroxylation is 2. The van der Waals surface area contributed by atoms with E-state index in [1.54, 1.807) is 32.0 Å². The van der Waals surface area contributed by atoms with Gasteiger partial charge in [-0.15, -0.1) is 0 Å². The summed E-state index contributed by atoms with van der Waals surface area (Å²) in [5, 5.41) is 10.0. The van der Waals surface area contributed by atoms with Crippen LogP contribution in [0.2, 0.25) is 0 Å². The Morgan fingerprint density at radius 1 is 1.35 bits per heavy atom. The number of aliphatic hydroxyl groups excluding tert-OH is 1. The molecule has 0 aliphatic rings. The molecule has 1 unspecified atom stereocenters. The molecule has 0 fully saturated rings. The predicted octanol–water partition coefficient (Wildman–Crippen LogP) is 3.09. The fourth-order valence-corrected chi connectivity index (χ4v) is 1.99. The van der Waals surface area contributed by atoms with Crippen LogP contribution in [0.1, 0.15) is 29.7 Å². The zero-order valence-electron chi connectivity index (χ0n) is 11.9. The minimum atomic E-state index is -3.55. The molecule has 0 spiro atoms. The molecule has 0 bridgehead atoms. The molecule has 5 heteroatoms. The number of halogens is 2. The second kappa shape index (κ2) is 6.13. The van der Waals surface area contributed by atoms with Crippen molar-refractivity contribution in [1.29, 1.82) is 0 Å². The molecule has 0 aromatic heterocycles. The lowest BCUT2D eigenvalue weighted by molar-refractivity contribution is -0.135. The number of methoxy groups -OCH3 is 1. The molecule has 3 nitrogen and oxygen atoms in total. The highest BCUT2D eigenvalue weighted by Crippen LogP contribution is 2.39. The number of hydrogen-bond donors (Lipinski definition) is 1. The fraction of sp³-hybridized carbons (Fsp3) is 0.400. The zero-order valence-corrected chi connectivity index (χ0v) is 11.9. The minimum Gasteiger partial charge on any atom is -0.466 e. The number of esters is 1. The number of ether oxygens (including phenoxy) is 1. The van der Waals surface area contributed by atoms with Crippen molar-refractivity contribution >= 4 is 5.97 Å². The third-order valence-electron chi connectivity index (χ3n) is 3.22. The highest BCUT2D eigenvalue weighted by atomic mass is 19.3. The first kappa shape index (κ1) is 16.3. The van der Waals surface area contributed by atoms with E-state index in [9.17, 15) is 18.7 Å². The summed E-state index contributed by atoms with van der Waals surface area (Å²) in [5.74, 6) is -4.43. The van der Waals surface area contributed by atoms with Crippen molar-refractivity contribution in [2.75, 3.05) is 7.11 Å². The van der Waals surface area contributed by atoms with Gasteiger partial charge in [0.2, 0.25) is 0 Å². The molecule has 1 rings (SSSR count). The van der Waals surface area contributed by atoms with Gasteiger partial charge in [-0.1, -0.05) is 18.2 Å². The normalized spacial score (nSPS) is 14.1. The Morgan fingerprint density at radius 3 is 2.30 bits per heavy atom. The molecule has 110 valence electrons. The highest BCUT2D eigenvalue weighted by Gasteiger charge is 2.42. The topological polar surface area (TPSA) is 46.5 Å². The van der Waals surface area contributed by atoms with Gasteiger partial charge in [-0.3, -0.25) is 0 Å². The molecule has 0 saturated heterocycles. The van der Waals surface area contributed by atoms with Crippen molar-refractivity contribution in [3.63, 3.8) is 0 Å². The third-order valence-corrected chi connectivity index (χ3v) is 3.22. The lowest BCUT2D eigenvalue weighted by atomic mass is 9.91. The maximum absolute atomic E-state index is 14.2. The van der Waals surface area contributed by atoms with Crippen molar-refractivity contribution in [3.8, 4) is 0 Å². The van der Waals surface area contributed by atoms with Gasteiger partial charge in [0.1, 0.15) is 6.10 Å². The van der Waals surface area contributed by atoms with Gasteiger partial charge in [-0.05, 0) is 37.5 Å². The second-order valence-electron chi connectivity index (χ2n) is 4.68. The molecule has 20 heavy (non-hydrogen) atoms. The molecule has 0 heterocycles. The Hall–Kier alpha value is -1.75.